The van der Waals surface area contributed by atoms with Crippen LogP contribution >= 0.6 is 8.24 Å². The summed E-state index contributed by atoms with van der Waals surface area (Å²) < 4.78 is 6.25. The van der Waals surface area contributed by atoms with Crippen molar-refractivity contribution < 1.29 is 52.4 Å². The van der Waals surface area contributed by atoms with Crippen LogP contribution in [0.3, 0.4) is 0 Å². The van der Waals surface area contributed by atoms with Gasteiger partial charge in [-0.3, -0.25) is 0 Å². The fraction of sp³-hybridized carbons (Fsp3) is 0.812. The Hall–Kier alpha value is 1.66. The van der Waals surface area contributed by atoms with Crippen molar-refractivity contribution >= 4 is 85.2 Å². The van der Waals surface area contributed by atoms with E-state index in [-0.39, 0.29) is 76.9 Å². The quantitative estimate of drug-likeness (QED) is 0.252. The molecule has 2 radical (unpaired) electrons. The van der Waals surface area contributed by atoms with Crippen LogP contribution in [0.4, 0.5) is 0 Å². The van der Waals surface area contributed by atoms with Gasteiger partial charge in [0.1, 0.15) is 0 Å². The number of ether oxygens (including phenoxy) is 1. The summed E-state index contributed by atoms with van der Waals surface area (Å²) in [4.78, 5) is 34.7. The van der Waals surface area contributed by atoms with E-state index in [1.807, 2.05) is 20.8 Å². The van der Waals surface area contributed by atoms with E-state index in [4.69, 9.17) is 9.84 Å². The first-order valence-corrected chi connectivity index (χ1v) is 20.2. The molecule has 0 bridgehead atoms. The van der Waals surface area contributed by atoms with E-state index in [9.17, 15) is 19.5 Å². The molecule has 7 nitrogen and oxygen atoms in total. The predicted octanol–water partition coefficient (Wildman–Crippen LogP) is 1.12. The molecule has 0 aromatic rings. The van der Waals surface area contributed by atoms with Gasteiger partial charge in [0.05, 0.1) is 0 Å². The zero-order valence-electron chi connectivity index (χ0n) is 17.3. The van der Waals surface area contributed by atoms with Gasteiger partial charge >= 0.3 is 164 Å². The zero-order chi connectivity index (χ0) is 19.3. The van der Waals surface area contributed by atoms with Gasteiger partial charge in [0.25, 0.3) is 0 Å². The van der Waals surface area contributed by atoms with Gasteiger partial charge in [0, 0.05) is 59.1 Å². The van der Waals surface area contributed by atoms with Crippen LogP contribution in [0.25, 0.3) is 0 Å². The Kier molecular flexibility index (Phi) is 15.8. The van der Waals surface area contributed by atoms with Crippen molar-refractivity contribution in [2.24, 2.45) is 16.7 Å². The van der Waals surface area contributed by atoms with Gasteiger partial charge in [0.15, 0.2) is 0 Å². The van der Waals surface area contributed by atoms with Gasteiger partial charge in [0.2, 0.25) is 0 Å². The summed E-state index contributed by atoms with van der Waals surface area (Å²) in [6, 6.07) is 0. The molecule has 3 N–H and O–H groups in total. The molecule has 0 aromatic heterocycles. The van der Waals surface area contributed by atoms with Gasteiger partial charge in [-0.1, -0.05) is 0 Å². The summed E-state index contributed by atoms with van der Waals surface area (Å²) in [5.41, 5.74) is -1.35. The molecule has 1 amide bonds. The number of hydrogen-bond donors (Lipinski definition) is 3. The minimum Gasteiger partial charge on any atom is 0 e. The molecule has 0 aromatic carbocycles. The van der Waals surface area contributed by atoms with Gasteiger partial charge in [-0.15, -0.1) is 0 Å². The number of carboxylic acid groups (broad SMARTS) is 2. The van der Waals surface area contributed by atoms with Gasteiger partial charge < -0.3 is 0 Å². The average Bonchev–Trinajstić information content (AvgIpc) is 2.77. The number of carbonyl (C=O) groups excluding carboxylic acids is 1. The summed E-state index contributed by atoms with van der Waals surface area (Å²) >= 11 is -1.38. The number of aliphatic carboxylic acids is 2. The number of amides is 1. The molecule has 3 atom stereocenters. The maximum Gasteiger partial charge on any atom is 0 e. The van der Waals surface area contributed by atoms with E-state index >= 15 is 0 Å². The molecule has 1 aliphatic carbocycles. The van der Waals surface area contributed by atoms with Gasteiger partial charge in [-0.2, -0.15) is 0 Å². The molecular formula is C16H27HgNNa2O6S. The van der Waals surface area contributed by atoms with Crippen molar-refractivity contribution in [3.8, 4) is 0 Å². The predicted molar refractivity (Wildman–Crippen MR) is 102 cm³/mol. The minimum atomic E-state index is -1.38. The van der Waals surface area contributed by atoms with Crippen LogP contribution in [0.1, 0.15) is 33.6 Å². The van der Waals surface area contributed by atoms with Gasteiger partial charge in [-0.05, 0) is 0 Å². The van der Waals surface area contributed by atoms with Gasteiger partial charge in [-0.25, -0.2) is 0 Å². The third-order valence-corrected chi connectivity index (χ3v) is 17.6. The molecule has 142 valence electrons. The third kappa shape index (κ3) is 8.36. The molecule has 1 aliphatic rings. The molecular weight excluding hydrogens is 581 g/mol. The second-order valence-electron chi connectivity index (χ2n) is 7.29. The van der Waals surface area contributed by atoms with Crippen LogP contribution in [0.15, 0.2) is 0 Å². The normalized spacial score (nSPS) is 23.9. The van der Waals surface area contributed by atoms with Crippen LogP contribution in [-0.2, 0) is 42.2 Å². The molecule has 27 heavy (non-hydrogen) atoms. The fourth-order valence-electron chi connectivity index (χ4n) is 3.42. The van der Waals surface area contributed by atoms with Crippen molar-refractivity contribution in [2.75, 3.05) is 19.4 Å². The maximum atomic E-state index is 12.8. The van der Waals surface area contributed by atoms with Crippen molar-refractivity contribution in [3.63, 3.8) is 0 Å². The summed E-state index contributed by atoms with van der Waals surface area (Å²) in [5.74, 6) is -2.14. The first-order valence-electron chi connectivity index (χ1n) is 8.39. The molecule has 0 heterocycles. The van der Waals surface area contributed by atoms with Crippen LogP contribution < -0.4 is 5.32 Å². The fourth-order valence-corrected chi connectivity index (χ4v) is 14.6. The van der Waals surface area contributed by atoms with Crippen LogP contribution in [0.5, 0.6) is 0 Å². The molecule has 0 spiro atoms. The summed E-state index contributed by atoms with van der Waals surface area (Å²) in [6.07, 6.45) is 0.952. The Morgan fingerprint density at radius 2 is 1.85 bits per heavy atom. The topological polar surface area (TPSA) is 113 Å². The molecule has 1 saturated carbocycles. The molecule has 1 rings (SSSR count). The van der Waals surface area contributed by atoms with Crippen LogP contribution in [-0.4, -0.2) is 113 Å². The molecule has 11 heteroatoms. The maximum absolute atomic E-state index is 12.8. The minimum absolute atomic E-state index is 0. The molecule has 0 saturated heterocycles. The molecule has 3 unspecified atom stereocenters. The van der Waals surface area contributed by atoms with Crippen LogP contribution in [0, 0.1) is 16.7 Å². The molecule has 1 fully saturated rings. The Morgan fingerprint density at radius 1 is 1.26 bits per heavy atom. The number of carboxylic acids is 2. The van der Waals surface area contributed by atoms with Crippen molar-refractivity contribution in [2.45, 2.75) is 43.6 Å². The number of rotatable bonds is 10. The van der Waals surface area contributed by atoms with Crippen molar-refractivity contribution in [1.29, 1.82) is 0 Å². The SMILES string of the molecule is COC(CNC(=O)C1(C)CCC(C(=O)O)C1(C)C)[CH2][Hg][S]CC(=O)O.[Na].[Na]. The van der Waals surface area contributed by atoms with E-state index in [0.29, 0.717) is 19.4 Å². The number of nitrogens with one attached hydrogen (secondary N) is 1. The smallest absolute Gasteiger partial charge is 0 e. The largest absolute Gasteiger partial charge is 0 e. The summed E-state index contributed by atoms with van der Waals surface area (Å²) in [5, 5.41) is 21.0. The monoisotopic (exact) mass is 609 g/mol. The second kappa shape index (κ2) is 13.9. The summed E-state index contributed by atoms with van der Waals surface area (Å²) in [6.45, 7) is 5.93. The van der Waals surface area contributed by atoms with E-state index in [0.717, 1.165) is 3.93 Å². The standard InChI is InChI=1S/C14H24NO4.C2H4O2S.Hg.2Na/c1-9(19-5)8-15-12(18)14(4)7-6-10(11(16)17)13(14,2)3;3-2(4)1-5;;;/h9-10H,1,6-8H2,2-5H3,(H,15,18)(H,16,17);5H,1H2,(H,3,4);;;/q;;+1;;/p-1. The first-order chi connectivity index (χ1) is 11.6. The second-order valence-corrected chi connectivity index (χ2v) is 20.2. The third-order valence-electron chi connectivity index (χ3n) is 5.66. The number of hydrogen-bond acceptors (Lipinski definition) is 5. The Labute approximate surface area is 220 Å². The Balaban J connectivity index is 0. The Bertz CT molecular complexity index is 525. The molecule has 0 aliphatic heterocycles. The van der Waals surface area contributed by atoms with Crippen molar-refractivity contribution in [3.05, 3.63) is 0 Å². The number of methoxy groups -OCH3 is 1. The van der Waals surface area contributed by atoms with E-state index in [1.54, 1.807) is 7.11 Å². The average molecular weight is 608 g/mol. The van der Waals surface area contributed by atoms with E-state index < -0.39 is 51.7 Å². The first kappa shape index (κ1) is 30.8. The Morgan fingerprint density at radius 3 is 2.30 bits per heavy atom. The van der Waals surface area contributed by atoms with Crippen molar-refractivity contribution in [1.82, 2.24) is 5.32 Å². The number of carbonyl (C=O) groups is 3. The van der Waals surface area contributed by atoms with E-state index in [1.165, 1.54) is 8.24 Å². The van der Waals surface area contributed by atoms with Crippen LogP contribution in [0.2, 0.25) is 3.93 Å². The zero-order valence-corrected chi connectivity index (χ0v) is 27.6. The summed E-state index contributed by atoms with van der Waals surface area (Å²) in [7, 11) is 3.12. The van der Waals surface area contributed by atoms with E-state index in [2.05, 4.69) is 5.32 Å².